The van der Waals surface area contributed by atoms with E-state index in [1.807, 2.05) is 33.4 Å². The van der Waals surface area contributed by atoms with E-state index in [1.54, 1.807) is 12.7 Å². The molecule has 0 radical (unpaired) electrons. The van der Waals surface area contributed by atoms with Crippen LogP contribution in [0.15, 0.2) is 61.2 Å². The zero-order valence-corrected chi connectivity index (χ0v) is 17.7. The highest BCUT2D eigenvalue weighted by atomic mass is 16.5. The molecular weight excluding hydrogens is 404 g/mol. The van der Waals surface area contributed by atoms with Gasteiger partial charge in [-0.25, -0.2) is 14.8 Å². The van der Waals surface area contributed by atoms with Gasteiger partial charge in [-0.2, -0.15) is 0 Å². The Hall–Kier alpha value is -4.00. The van der Waals surface area contributed by atoms with Crippen LogP contribution < -0.4 is 0 Å². The smallest absolute Gasteiger partial charge is 0.358 e. The first-order chi connectivity index (χ1) is 15.7. The minimum Gasteiger partial charge on any atom is -0.464 e. The van der Waals surface area contributed by atoms with Gasteiger partial charge in [-0.05, 0) is 22.3 Å². The second kappa shape index (κ2) is 8.26. The molecule has 0 unspecified atom stereocenters. The minimum atomic E-state index is -0.363. The van der Waals surface area contributed by atoms with Crippen molar-refractivity contribution in [2.75, 3.05) is 7.11 Å². The topological polar surface area (TPSA) is 79.0 Å². The molecule has 0 amide bonds. The predicted molar refractivity (Wildman–Crippen MR) is 118 cm³/mol. The summed E-state index contributed by atoms with van der Waals surface area (Å²) in [4.78, 5) is 30.6. The number of hydrogen-bond donors (Lipinski definition) is 0. The Balaban J connectivity index is 0.000000136. The normalized spacial score (nSPS) is 12.9. The minimum absolute atomic E-state index is 0.363. The van der Waals surface area contributed by atoms with E-state index in [4.69, 9.17) is 4.74 Å². The van der Waals surface area contributed by atoms with E-state index in [0.29, 0.717) is 11.4 Å². The van der Waals surface area contributed by atoms with Gasteiger partial charge in [0.2, 0.25) is 0 Å². The zero-order chi connectivity index (χ0) is 22.1. The molecule has 0 fully saturated rings. The number of hydrogen-bond acceptors (Lipinski definition) is 5. The molecule has 0 aliphatic carbocycles. The van der Waals surface area contributed by atoms with Crippen molar-refractivity contribution >= 4 is 12.3 Å². The molecule has 2 aliphatic heterocycles. The third-order valence-corrected chi connectivity index (χ3v) is 6.05. The van der Waals surface area contributed by atoms with Crippen LogP contribution in [0.5, 0.6) is 0 Å². The highest BCUT2D eigenvalue weighted by Crippen LogP contribution is 2.25. The van der Waals surface area contributed by atoms with Crippen molar-refractivity contribution < 1.29 is 14.3 Å². The van der Waals surface area contributed by atoms with E-state index >= 15 is 0 Å². The zero-order valence-electron chi connectivity index (χ0n) is 17.7. The Morgan fingerprint density at radius 3 is 1.97 bits per heavy atom. The molecule has 7 heteroatoms. The van der Waals surface area contributed by atoms with Crippen molar-refractivity contribution in [3.05, 3.63) is 106 Å². The summed E-state index contributed by atoms with van der Waals surface area (Å²) in [5.41, 5.74) is 8.14. The van der Waals surface area contributed by atoms with E-state index in [9.17, 15) is 9.59 Å². The molecule has 0 saturated heterocycles. The van der Waals surface area contributed by atoms with E-state index in [2.05, 4.69) is 34.2 Å². The fraction of sp³-hybridized carbons (Fsp3) is 0.200. The summed E-state index contributed by atoms with van der Waals surface area (Å²) in [5.74, 6) is -0.363. The number of nitrogens with zero attached hydrogens (tertiary/aromatic N) is 4. The van der Waals surface area contributed by atoms with Gasteiger partial charge in [0.05, 0.1) is 31.2 Å². The molecule has 0 bridgehead atoms. The van der Waals surface area contributed by atoms with Crippen LogP contribution in [0.1, 0.15) is 54.6 Å². The number of fused-ring (bicyclic) bond motifs is 4. The molecule has 2 aliphatic rings. The van der Waals surface area contributed by atoms with Crippen molar-refractivity contribution in [3.8, 4) is 0 Å². The molecule has 0 saturated carbocycles. The molecular formula is C25H22N4O3. The van der Waals surface area contributed by atoms with Crippen molar-refractivity contribution in [1.29, 1.82) is 0 Å². The van der Waals surface area contributed by atoms with Gasteiger partial charge >= 0.3 is 5.97 Å². The number of methoxy groups -OCH3 is 1. The summed E-state index contributed by atoms with van der Waals surface area (Å²) in [6.07, 6.45) is 5.83. The van der Waals surface area contributed by atoms with Gasteiger partial charge in [-0.1, -0.05) is 48.5 Å². The lowest BCUT2D eigenvalue weighted by molar-refractivity contribution is 0.0593. The molecule has 0 spiro atoms. The fourth-order valence-corrected chi connectivity index (χ4v) is 4.34. The van der Waals surface area contributed by atoms with Gasteiger partial charge in [0.1, 0.15) is 5.69 Å². The number of carbonyl (C=O) groups excluding carboxylic acids is 2. The largest absolute Gasteiger partial charge is 0.464 e. The lowest BCUT2D eigenvalue weighted by atomic mass is 9.98. The van der Waals surface area contributed by atoms with Gasteiger partial charge in [-0.15, -0.1) is 0 Å². The van der Waals surface area contributed by atoms with Gasteiger partial charge in [-0.3, -0.25) is 4.79 Å². The molecule has 6 rings (SSSR count). The monoisotopic (exact) mass is 426 g/mol. The number of ether oxygens (including phenoxy) is 1. The second-order valence-corrected chi connectivity index (χ2v) is 7.87. The van der Waals surface area contributed by atoms with Gasteiger partial charge in [0.15, 0.2) is 12.0 Å². The molecule has 4 aromatic rings. The average Bonchev–Trinajstić information content (AvgIpc) is 3.44. The Bertz CT molecular complexity index is 1320. The third kappa shape index (κ3) is 3.51. The molecule has 2 aromatic heterocycles. The van der Waals surface area contributed by atoms with Crippen LogP contribution in [0.25, 0.3) is 0 Å². The number of esters is 1. The van der Waals surface area contributed by atoms with Crippen molar-refractivity contribution in [3.63, 3.8) is 0 Å². The number of imidazole rings is 2. The van der Waals surface area contributed by atoms with Crippen molar-refractivity contribution in [2.45, 2.75) is 25.9 Å². The maximum atomic E-state index is 11.6. The first-order valence-electron chi connectivity index (χ1n) is 10.4. The summed E-state index contributed by atoms with van der Waals surface area (Å²) in [6.45, 7) is 1.60. The van der Waals surface area contributed by atoms with E-state index in [-0.39, 0.29) is 5.97 Å². The lowest BCUT2D eigenvalue weighted by Crippen LogP contribution is -2.16. The first-order valence-corrected chi connectivity index (χ1v) is 10.4. The van der Waals surface area contributed by atoms with Crippen LogP contribution in [0.4, 0.5) is 0 Å². The Kier molecular flexibility index (Phi) is 5.15. The summed E-state index contributed by atoms with van der Waals surface area (Å²) in [7, 11) is 1.38. The van der Waals surface area contributed by atoms with E-state index in [0.717, 1.165) is 43.6 Å². The maximum Gasteiger partial charge on any atom is 0.358 e. The molecule has 7 nitrogen and oxygen atoms in total. The van der Waals surface area contributed by atoms with E-state index < -0.39 is 0 Å². The first kappa shape index (κ1) is 19.9. The number of rotatable bonds is 2. The molecule has 0 atom stereocenters. The van der Waals surface area contributed by atoms with Crippen LogP contribution in [-0.2, 0) is 30.7 Å². The summed E-state index contributed by atoms with van der Waals surface area (Å²) < 4.78 is 8.79. The van der Waals surface area contributed by atoms with E-state index in [1.165, 1.54) is 29.4 Å². The van der Waals surface area contributed by atoms with Crippen LogP contribution in [0, 0.1) is 0 Å². The summed E-state index contributed by atoms with van der Waals surface area (Å²) in [6, 6.07) is 16.6. The predicted octanol–water partition coefficient (Wildman–Crippen LogP) is 3.27. The second-order valence-electron chi connectivity index (χ2n) is 7.87. The highest BCUT2D eigenvalue weighted by Gasteiger charge is 2.23. The standard InChI is InChI=1S/C13H12N2O2.C12H10N2O/c1-17-13(16)12-11-6-9-4-2-3-5-10(9)7-15(11)8-14-12;15-7-11-12-5-9-3-1-2-4-10(9)6-14(12)8-13-11/h2-5,8H,6-7H2,1H3;1-4,7-8H,5-6H2. The van der Waals surface area contributed by atoms with Crippen molar-refractivity contribution in [2.24, 2.45) is 0 Å². The Morgan fingerprint density at radius 1 is 0.844 bits per heavy atom. The quantitative estimate of drug-likeness (QED) is 0.314. The Labute approximate surface area is 185 Å². The number of carbonyl (C=O) groups is 2. The van der Waals surface area contributed by atoms with Crippen LogP contribution in [0.2, 0.25) is 0 Å². The van der Waals surface area contributed by atoms with Gasteiger partial charge in [0, 0.05) is 25.9 Å². The Morgan fingerprint density at radius 2 is 1.38 bits per heavy atom. The third-order valence-electron chi connectivity index (χ3n) is 6.05. The van der Waals surface area contributed by atoms with Gasteiger partial charge in [0.25, 0.3) is 0 Å². The average molecular weight is 426 g/mol. The fourth-order valence-electron chi connectivity index (χ4n) is 4.34. The van der Waals surface area contributed by atoms with Crippen molar-refractivity contribution in [1.82, 2.24) is 19.1 Å². The van der Waals surface area contributed by atoms with Crippen LogP contribution in [0.3, 0.4) is 0 Å². The number of benzene rings is 2. The summed E-state index contributed by atoms with van der Waals surface area (Å²) >= 11 is 0. The number of aromatic nitrogens is 4. The van der Waals surface area contributed by atoms with Gasteiger partial charge < -0.3 is 13.9 Å². The molecule has 2 aromatic carbocycles. The SMILES string of the molecule is COC(=O)c1ncn2c1Cc1ccccc1C2.O=Cc1ncn2c1Cc1ccccc1C2. The number of aldehydes is 1. The lowest BCUT2D eigenvalue weighted by Gasteiger charge is -2.18. The molecule has 160 valence electrons. The molecule has 32 heavy (non-hydrogen) atoms. The van der Waals surface area contributed by atoms with Crippen LogP contribution >= 0.6 is 0 Å². The highest BCUT2D eigenvalue weighted by molar-refractivity contribution is 5.88. The van der Waals surface area contributed by atoms with Crippen LogP contribution in [-0.4, -0.2) is 38.5 Å². The maximum absolute atomic E-state index is 11.6. The summed E-state index contributed by atoms with van der Waals surface area (Å²) in [5, 5.41) is 0. The molecule has 0 N–H and O–H groups in total. The molecule has 4 heterocycles.